The van der Waals surface area contributed by atoms with Crippen LogP contribution in [0, 0.1) is 11.3 Å². The van der Waals surface area contributed by atoms with Crippen molar-refractivity contribution in [3.8, 4) is 6.07 Å². The van der Waals surface area contributed by atoms with Gasteiger partial charge in [-0.2, -0.15) is 5.26 Å². The van der Waals surface area contributed by atoms with E-state index in [0.717, 1.165) is 18.7 Å². The van der Waals surface area contributed by atoms with Gasteiger partial charge in [0.05, 0.1) is 5.56 Å². The minimum atomic E-state index is 0.204. The molecule has 1 aliphatic carbocycles. The molecular weight excluding hydrogens is 212 g/mol. The number of nitrogens with one attached hydrogen (secondary N) is 1. The van der Waals surface area contributed by atoms with Crippen LogP contribution in [0.3, 0.4) is 0 Å². The van der Waals surface area contributed by atoms with E-state index < -0.39 is 0 Å². The highest BCUT2D eigenvalue weighted by Gasteiger charge is 2.20. The number of nitrogens with zero attached hydrogens (tertiary/aromatic N) is 2. The highest BCUT2D eigenvalue weighted by atomic mass is 15.0. The highest BCUT2D eigenvalue weighted by molar-refractivity contribution is 5.40. The Hall–Kier alpha value is -1.60. The maximum atomic E-state index is 8.70. The van der Waals surface area contributed by atoms with E-state index >= 15 is 0 Å². The standard InChI is InChI=1S/C13H18N4/c14-8-10-6-7-13(16-9-10)17-12-5-3-1-2-4-11(12)15/h6-7,9,11-12H,1-5,15H2,(H,16,17). The van der Waals surface area contributed by atoms with E-state index in [0.29, 0.717) is 11.6 Å². The summed E-state index contributed by atoms with van der Waals surface area (Å²) in [5.41, 5.74) is 6.72. The van der Waals surface area contributed by atoms with Crippen molar-refractivity contribution >= 4 is 5.82 Å². The van der Waals surface area contributed by atoms with Gasteiger partial charge < -0.3 is 11.1 Å². The molecule has 0 amide bonds. The molecule has 4 heteroatoms. The monoisotopic (exact) mass is 230 g/mol. The second-order valence-corrected chi connectivity index (χ2v) is 4.60. The zero-order valence-electron chi connectivity index (χ0n) is 9.89. The third-order valence-corrected chi connectivity index (χ3v) is 3.30. The molecule has 0 radical (unpaired) electrons. The van der Waals surface area contributed by atoms with Gasteiger partial charge in [0, 0.05) is 18.3 Å². The topological polar surface area (TPSA) is 74.7 Å². The lowest BCUT2D eigenvalue weighted by atomic mass is 10.0. The van der Waals surface area contributed by atoms with Crippen molar-refractivity contribution in [1.29, 1.82) is 5.26 Å². The highest BCUT2D eigenvalue weighted by Crippen LogP contribution is 2.19. The molecule has 1 heterocycles. The Morgan fingerprint density at radius 2 is 2.12 bits per heavy atom. The summed E-state index contributed by atoms with van der Waals surface area (Å²) in [4.78, 5) is 4.22. The molecule has 1 saturated carbocycles. The van der Waals surface area contributed by atoms with Crippen molar-refractivity contribution in [2.24, 2.45) is 5.73 Å². The molecular formula is C13H18N4. The van der Waals surface area contributed by atoms with Gasteiger partial charge >= 0.3 is 0 Å². The second-order valence-electron chi connectivity index (χ2n) is 4.60. The van der Waals surface area contributed by atoms with Crippen LogP contribution >= 0.6 is 0 Å². The Kier molecular flexibility index (Phi) is 3.94. The molecule has 1 fully saturated rings. The van der Waals surface area contributed by atoms with Crippen LogP contribution in [0.15, 0.2) is 18.3 Å². The van der Waals surface area contributed by atoms with Gasteiger partial charge in [-0.15, -0.1) is 0 Å². The number of hydrogen-bond donors (Lipinski definition) is 2. The van der Waals surface area contributed by atoms with Crippen molar-refractivity contribution < 1.29 is 0 Å². The third kappa shape index (κ3) is 3.18. The molecule has 17 heavy (non-hydrogen) atoms. The number of nitriles is 1. The molecule has 0 aromatic carbocycles. The third-order valence-electron chi connectivity index (χ3n) is 3.30. The number of aromatic nitrogens is 1. The van der Waals surface area contributed by atoms with E-state index in [2.05, 4.69) is 16.4 Å². The van der Waals surface area contributed by atoms with Crippen LogP contribution in [0.25, 0.3) is 0 Å². The molecule has 3 N–H and O–H groups in total. The molecule has 0 bridgehead atoms. The average molecular weight is 230 g/mol. The molecule has 2 atom stereocenters. The van der Waals surface area contributed by atoms with Crippen molar-refractivity contribution in [2.75, 3.05) is 5.32 Å². The van der Waals surface area contributed by atoms with Crippen LogP contribution in [0.2, 0.25) is 0 Å². The summed E-state index contributed by atoms with van der Waals surface area (Å²) in [6.07, 6.45) is 7.48. The lowest BCUT2D eigenvalue weighted by molar-refractivity contribution is 0.527. The first-order valence-electron chi connectivity index (χ1n) is 6.18. The molecule has 2 rings (SSSR count). The first-order chi connectivity index (χ1) is 8.29. The van der Waals surface area contributed by atoms with E-state index in [1.54, 1.807) is 12.3 Å². The summed E-state index contributed by atoms with van der Waals surface area (Å²) in [6.45, 7) is 0. The molecule has 90 valence electrons. The number of pyridine rings is 1. The number of hydrogen-bond acceptors (Lipinski definition) is 4. The van der Waals surface area contributed by atoms with E-state index in [4.69, 9.17) is 11.0 Å². The van der Waals surface area contributed by atoms with E-state index in [-0.39, 0.29) is 6.04 Å². The molecule has 0 spiro atoms. The van der Waals surface area contributed by atoms with Crippen LogP contribution in [0.5, 0.6) is 0 Å². The number of nitrogens with two attached hydrogens (primary N) is 1. The van der Waals surface area contributed by atoms with Gasteiger partial charge in [-0.05, 0) is 25.0 Å². The van der Waals surface area contributed by atoms with E-state index in [1.165, 1.54) is 19.3 Å². The number of anilines is 1. The fourth-order valence-corrected chi connectivity index (χ4v) is 2.25. The van der Waals surface area contributed by atoms with Crippen molar-refractivity contribution in [2.45, 2.75) is 44.2 Å². The molecule has 1 aromatic heterocycles. The molecule has 1 aromatic rings. The average Bonchev–Trinajstić information content (AvgIpc) is 2.56. The molecule has 0 saturated heterocycles. The Bertz CT molecular complexity index is 393. The van der Waals surface area contributed by atoms with Gasteiger partial charge in [0.1, 0.15) is 11.9 Å². The maximum Gasteiger partial charge on any atom is 0.126 e. The Morgan fingerprint density at radius 3 is 2.82 bits per heavy atom. The minimum absolute atomic E-state index is 0.204. The predicted molar refractivity (Wildman–Crippen MR) is 67.4 cm³/mol. The fourth-order valence-electron chi connectivity index (χ4n) is 2.25. The van der Waals surface area contributed by atoms with Crippen LogP contribution in [-0.2, 0) is 0 Å². The lowest BCUT2D eigenvalue weighted by Gasteiger charge is -2.23. The van der Waals surface area contributed by atoms with Crippen LogP contribution < -0.4 is 11.1 Å². The van der Waals surface area contributed by atoms with Gasteiger partial charge in [0.25, 0.3) is 0 Å². The largest absolute Gasteiger partial charge is 0.366 e. The van der Waals surface area contributed by atoms with Gasteiger partial charge in [-0.3, -0.25) is 0 Å². The zero-order chi connectivity index (χ0) is 12.1. The van der Waals surface area contributed by atoms with Crippen LogP contribution in [0.4, 0.5) is 5.82 Å². The summed E-state index contributed by atoms with van der Waals surface area (Å²) >= 11 is 0. The summed E-state index contributed by atoms with van der Waals surface area (Å²) < 4.78 is 0. The second kappa shape index (κ2) is 5.65. The molecule has 1 aliphatic rings. The van der Waals surface area contributed by atoms with Crippen molar-refractivity contribution in [3.05, 3.63) is 23.9 Å². The fraction of sp³-hybridized carbons (Fsp3) is 0.538. The van der Waals surface area contributed by atoms with Gasteiger partial charge in [0.2, 0.25) is 0 Å². The zero-order valence-corrected chi connectivity index (χ0v) is 9.89. The summed E-state index contributed by atoms with van der Waals surface area (Å²) in [6, 6.07) is 6.19. The van der Waals surface area contributed by atoms with Gasteiger partial charge in [-0.25, -0.2) is 4.98 Å². The normalized spacial score (nSPS) is 24.7. The molecule has 4 nitrogen and oxygen atoms in total. The minimum Gasteiger partial charge on any atom is -0.366 e. The SMILES string of the molecule is N#Cc1ccc(NC2CCCCCC2N)nc1. The van der Waals surface area contributed by atoms with Gasteiger partial charge in [-0.1, -0.05) is 19.3 Å². The quantitative estimate of drug-likeness (QED) is 0.762. The Morgan fingerprint density at radius 1 is 1.29 bits per heavy atom. The van der Waals surface area contributed by atoms with Gasteiger partial charge in [0.15, 0.2) is 0 Å². The first-order valence-corrected chi connectivity index (χ1v) is 6.18. The van der Waals surface area contributed by atoms with Crippen molar-refractivity contribution in [1.82, 2.24) is 4.98 Å². The van der Waals surface area contributed by atoms with Crippen LogP contribution in [0.1, 0.15) is 37.7 Å². The smallest absolute Gasteiger partial charge is 0.126 e. The first kappa shape index (κ1) is 11.9. The summed E-state index contributed by atoms with van der Waals surface area (Å²) in [5, 5.41) is 12.1. The number of rotatable bonds is 2. The van der Waals surface area contributed by atoms with E-state index in [1.807, 2.05) is 6.07 Å². The molecule has 2 unspecified atom stereocenters. The summed E-state index contributed by atoms with van der Waals surface area (Å²) in [7, 11) is 0. The Balaban J connectivity index is 2.01. The maximum absolute atomic E-state index is 8.70. The predicted octanol–water partition coefficient (Wildman–Crippen LogP) is 2.03. The van der Waals surface area contributed by atoms with Crippen molar-refractivity contribution in [3.63, 3.8) is 0 Å². The lowest BCUT2D eigenvalue weighted by Crippen LogP contribution is -2.39. The summed E-state index contributed by atoms with van der Waals surface area (Å²) in [5.74, 6) is 0.811. The van der Waals surface area contributed by atoms with E-state index in [9.17, 15) is 0 Å². The molecule has 0 aliphatic heterocycles. The Labute approximate surface area is 102 Å². The van der Waals surface area contributed by atoms with Crippen LogP contribution in [-0.4, -0.2) is 17.1 Å².